The summed E-state index contributed by atoms with van der Waals surface area (Å²) < 4.78 is 0. The van der Waals surface area contributed by atoms with Gasteiger partial charge in [-0.25, -0.2) is 0 Å². The fraction of sp³-hybridized carbons (Fsp3) is 0.188. The zero-order valence-electron chi connectivity index (χ0n) is 19.7. The summed E-state index contributed by atoms with van der Waals surface area (Å²) in [7, 11) is 0. The predicted molar refractivity (Wildman–Crippen MR) is 150 cm³/mol. The van der Waals surface area contributed by atoms with Gasteiger partial charge in [0.25, 0.3) is 0 Å². The minimum Gasteiger partial charge on any atom is -0.140 e. The van der Waals surface area contributed by atoms with Crippen LogP contribution in [0.5, 0.6) is 0 Å². The second-order valence-corrected chi connectivity index (χ2v) is 11.8. The summed E-state index contributed by atoms with van der Waals surface area (Å²) in [5.74, 6) is 0. The standard InChI is InChI=1S/C32H28S2/c1-21-27(19-31(33-21)23-11-5-3-6-12-23)29-17-25-15-9-10-16-26(25)18-30(29)28-20-32(34-22(28)2)24-13-7-4-8-14-24/h3-8,11-14,17-20H,9-10,15-16H2,1-2H3. The highest BCUT2D eigenvalue weighted by atomic mass is 32.1. The van der Waals surface area contributed by atoms with E-state index in [0.717, 1.165) is 0 Å². The second-order valence-electron chi connectivity index (χ2n) is 9.27. The maximum Gasteiger partial charge on any atom is 0.0351 e. The number of thiophene rings is 2. The highest BCUT2D eigenvalue weighted by molar-refractivity contribution is 7.16. The predicted octanol–water partition coefficient (Wildman–Crippen LogP) is 9.97. The molecule has 0 fully saturated rings. The smallest absolute Gasteiger partial charge is 0.0351 e. The third-order valence-electron chi connectivity index (χ3n) is 7.01. The lowest BCUT2D eigenvalue weighted by Crippen LogP contribution is -2.04. The Labute approximate surface area is 210 Å². The lowest BCUT2D eigenvalue weighted by Gasteiger charge is -2.20. The molecule has 2 heterocycles. The molecule has 3 aromatic carbocycles. The third-order valence-corrected chi connectivity index (χ3v) is 9.21. The largest absolute Gasteiger partial charge is 0.140 e. The molecule has 2 heteroatoms. The van der Waals surface area contributed by atoms with Crippen LogP contribution in [0.3, 0.4) is 0 Å². The number of benzene rings is 3. The molecule has 0 bridgehead atoms. The first-order valence-electron chi connectivity index (χ1n) is 12.2. The van der Waals surface area contributed by atoms with Crippen LogP contribution in [-0.2, 0) is 12.8 Å². The molecule has 0 aliphatic heterocycles. The van der Waals surface area contributed by atoms with E-state index >= 15 is 0 Å². The maximum atomic E-state index is 2.52. The molecule has 0 amide bonds. The summed E-state index contributed by atoms with van der Waals surface area (Å²) in [6.45, 7) is 4.57. The average Bonchev–Trinajstić information content (AvgIpc) is 3.47. The molecule has 0 radical (unpaired) electrons. The van der Waals surface area contributed by atoms with Crippen molar-refractivity contribution < 1.29 is 0 Å². The first-order valence-corrected chi connectivity index (χ1v) is 13.8. The molecule has 0 saturated heterocycles. The molecular formula is C32H28S2. The van der Waals surface area contributed by atoms with Gasteiger partial charge >= 0.3 is 0 Å². The molecule has 34 heavy (non-hydrogen) atoms. The lowest BCUT2D eigenvalue weighted by atomic mass is 9.84. The fourth-order valence-electron chi connectivity index (χ4n) is 5.22. The van der Waals surface area contributed by atoms with E-state index in [-0.39, 0.29) is 0 Å². The Morgan fingerprint density at radius 3 is 1.32 bits per heavy atom. The number of fused-ring (bicyclic) bond motifs is 1. The highest BCUT2D eigenvalue weighted by Crippen LogP contribution is 2.46. The van der Waals surface area contributed by atoms with E-state index in [0.29, 0.717) is 0 Å². The van der Waals surface area contributed by atoms with Gasteiger partial charge in [-0.3, -0.25) is 0 Å². The number of aryl methyl sites for hydroxylation is 4. The summed E-state index contributed by atoms with van der Waals surface area (Å²) in [4.78, 5) is 5.49. The van der Waals surface area contributed by atoms with Crippen molar-refractivity contribution in [2.75, 3.05) is 0 Å². The zero-order valence-corrected chi connectivity index (χ0v) is 21.4. The monoisotopic (exact) mass is 476 g/mol. The van der Waals surface area contributed by atoms with E-state index in [1.165, 1.54) is 78.6 Å². The van der Waals surface area contributed by atoms with Crippen LogP contribution in [0.25, 0.3) is 43.1 Å². The van der Waals surface area contributed by atoms with Crippen LogP contribution in [0.2, 0.25) is 0 Å². The van der Waals surface area contributed by atoms with Gasteiger partial charge in [0.1, 0.15) is 0 Å². The van der Waals surface area contributed by atoms with Crippen LogP contribution < -0.4 is 0 Å². The Morgan fingerprint density at radius 1 is 0.500 bits per heavy atom. The molecule has 6 rings (SSSR count). The van der Waals surface area contributed by atoms with Crippen LogP contribution in [0.4, 0.5) is 0 Å². The Hall–Kier alpha value is -2.94. The molecule has 2 aromatic heterocycles. The van der Waals surface area contributed by atoms with Crippen molar-refractivity contribution in [1.29, 1.82) is 0 Å². The van der Waals surface area contributed by atoms with E-state index in [4.69, 9.17) is 0 Å². The molecule has 5 aromatic rings. The Kier molecular flexibility index (Phi) is 5.72. The highest BCUT2D eigenvalue weighted by Gasteiger charge is 2.21. The summed E-state index contributed by atoms with van der Waals surface area (Å²) >= 11 is 3.82. The van der Waals surface area contributed by atoms with Crippen LogP contribution >= 0.6 is 22.7 Å². The number of hydrogen-bond acceptors (Lipinski definition) is 2. The fourth-order valence-corrected chi connectivity index (χ4v) is 7.30. The third kappa shape index (κ3) is 3.96. The molecule has 0 N–H and O–H groups in total. The minimum absolute atomic E-state index is 1.20. The van der Waals surface area contributed by atoms with E-state index in [2.05, 4.69) is 98.8 Å². The van der Waals surface area contributed by atoms with Crippen molar-refractivity contribution in [3.05, 3.63) is 106 Å². The van der Waals surface area contributed by atoms with Gasteiger partial charge in [0.05, 0.1) is 0 Å². The first kappa shape index (κ1) is 21.6. The number of rotatable bonds is 4. The zero-order chi connectivity index (χ0) is 23.1. The molecule has 0 spiro atoms. The van der Waals surface area contributed by atoms with Crippen LogP contribution in [-0.4, -0.2) is 0 Å². The van der Waals surface area contributed by atoms with Gasteiger partial charge in [-0.05, 0) is 96.2 Å². The molecule has 1 aliphatic carbocycles. The van der Waals surface area contributed by atoms with Gasteiger partial charge < -0.3 is 0 Å². The second kappa shape index (κ2) is 9.02. The van der Waals surface area contributed by atoms with Gasteiger partial charge in [0.2, 0.25) is 0 Å². The Morgan fingerprint density at radius 2 is 0.912 bits per heavy atom. The summed E-state index contributed by atoms with van der Waals surface area (Å²) in [5.41, 5.74) is 11.3. The maximum absolute atomic E-state index is 2.52. The molecular weight excluding hydrogens is 448 g/mol. The molecule has 1 aliphatic rings. The lowest BCUT2D eigenvalue weighted by molar-refractivity contribution is 0.686. The van der Waals surface area contributed by atoms with Gasteiger partial charge in [-0.15, -0.1) is 22.7 Å². The topological polar surface area (TPSA) is 0 Å². The van der Waals surface area contributed by atoms with Gasteiger partial charge in [-0.1, -0.05) is 72.8 Å². The van der Waals surface area contributed by atoms with Crippen LogP contribution in [0, 0.1) is 13.8 Å². The van der Waals surface area contributed by atoms with Crippen molar-refractivity contribution >= 4 is 22.7 Å². The van der Waals surface area contributed by atoms with Crippen molar-refractivity contribution in [2.45, 2.75) is 39.5 Å². The number of hydrogen-bond donors (Lipinski definition) is 0. The molecule has 168 valence electrons. The molecule has 0 saturated carbocycles. The molecule has 0 unspecified atom stereocenters. The van der Waals surface area contributed by atoms with Gasteiger partial charge in [0, 0.05) is 19.5 Å². The van der Waals surface area contributed by atoms with E-state index < -0.39 is 0 Å². The van der Waals surface area contributed by atoms with Crippen LogP contribution in [0.15, 0.2) is 84.9 Å². The minimum atomic E-state index is 1.20. The average molecular weight is 477 g/mol. The first-order chi connectivity index (χ1) is 16.7. The summed E-state index contributed by atoms with van der Waals surface area (Å²) in [5, 5.41) is 0. The van der Waals surface area contributed by atoms with Crippen molar-refractivity contribution in [3.8, 4) is 43.1 Å². The van der Waals surface area contributed by atoms with Crippen LogP contribution in [0.1, 0.15) is 33.7 Å². The summed E-state index contributed by atoms with van der Waals surface area (Å²) in [6.07, 6.45) is 5.02. The van der Waals surface area contributed by atoms with Gasteiger partial charge in [0.15, 0.2) is 0 Å². The van der Waals surface area contributed by atoms with Crippen molar-refractivity contribution in [2.24, 2.45) is 0 Å². The SMILES string of the molecule is Cc1sc(-c2ccccc2)cc1-c1cc2c(cc1-c1cc(-c3ccccc3)sc1C)CCCC2. The molecule has 0 nitrogen and oxygen atoms in total. The Balaban J connectivity index is 1.53. The van der Waals surface area contributed by atoms with Crippen molar-refractivity contribution in [3.63, 3.8) is 0 Å². The van der Waals surface area contributed by atoms with E-state index in [1.54, 1.807) is 11.1 Å². The summed E-state index contributed by atoms with van der Waals surface area (Å²) in [6, 6.07) is 31.5. The van der Waals surface area contributed by atoms with Crippen molar-refractivity contribution in [1.82, 2.24) is 0 Å². The Bertz CT molecular complexity index is 1340. The van der Waals surface area contributed by atoms with E-state index in [9.17, 15) is 0 Å². The molecule has 0 atom stereocenters. The normalized spacial score (nSPS) is 13.1. The van der Waals surface area contributed by atoms with Gasteiger partial charge in [-0.2, -0.15) is 0 Å². The van der Waals surface area contributed by atoms with E-state index in [1.807, 2.05) is 22.7 Å². The quantitative estimate of drug-likeness (QED) is 0.242.